The smallest absolute Gasteiger partial charge is 0.198 e. The normalized spacial score (nSPS) is 10.3. The molecule has 0 aliphatic carbocycles. The van der Waals surface area contributed by atoms with Gasteiger partial charge in [-0.2, -0.15) is 0 Å². The van der Waals surface area contributed by atoms with Crippen LogP contribution < -0.4 is 5.32 Å². The van der Waals surface area contributed by atoms with E-state index in [0.717, 1.165) is 0 Å². The first-order chi connectivity index (χ1) is 7.09. The van der Waals surface area contributed by atoms with Gasteiger partial charge in [0.2, 0.25) is 0 Å². The maximum atomic E-state index is 13.2. The molecular formula is C10H12FN3S. The fourth-order valence-electron chi connectivity index (χ4n) is 0.878. The second-order valence-electron chi connectivity index (χ2n) is 3.12. The summed E-state index contributed by atoms with van der Waals surface area (Å²) in [6.07, 6.45) is 1.55. The summed E-state index contributed by atoms with van der Waals surface area (Å²) in [7, 11) is 3.66. The van der Waals surface area contributed by atoms with Crippen LogP contribution in [0.15, 0.2) is 29.3 Å². The van der Waals surface area contributed by atoms with Crippen LogP contribution >= 0.6 is 12.2 Å². The predicted molar refractivity (Wildman–Crippen MR) is 64.8 cm³/mol. The first kappa shape index (κ1) is 11.6. The quantitative estimate of drug-likeness (QED) is 0.474. The Labute approximate surface area is 93.6 Å². The van der Waals surface area contributed by atoms with Crippen LogP contribution in [0.5, 0.6) is 0 Å². The number of halogens is 1. The Bertz CT molecular complexity index is 377. The molecule has 0 bridgehead atoms. The Morgan fingerprint density at radius 1 is 1.47 bits per heavy atom. The third kappa shape index (κ3) is 4.03. The molecule has 0 fully saturated rings. The van der Waals surface area contributed by atoms with Gasteiger partial charge in [0.25, 0.3) is 0 Å². The van der Waals surface area contributed by atoms with E-state index in [0.29, 0.717) is 5.69 Å². The minimum absolute atomic E-state index is 0.230. The lowest BCUT2D eigenvalue weighted by atomic mass is 10.3. The third-order valence-electron chi connectivity index (χ3n) is 1.52. The lowest BCUT2D eigenvalue weighted by molar-refractivity contribution is 0.632. The van der Waals surface area contributed by atoms with Gasteiger partial charge in [-0.1, -0.05) is 12.1 Å². The summed E-state index contributed by atoms with van der Waals surface area (Å²) in [6.45, 7) is 0. The Morgan fingerprint density at radius 2 is 2.13 bits per heavy atom. The monoisotopic (exact) mass is 225 g/mol. The molecule has 5 heteroatoms. The maximum Gasteiger partial charge on any atom is 0.198 e. The van der Waals surface area contributed by atoms with Crippen LogP contribution in [0, 0.1) is 5.82 Å². The summed E-state index contributed by atoms with van der Waals surface area (Å²) in [5.41, 5.74) is 0.332. The number of hydrogen-bond donors (Lipinski definition) is 1. The van der Waals surface area contributed by atoms with Gasteiger partial charge in [-0.05, 0) is 24.4 Å². The van der Waals surface area contributed by atoms with Crippen LogP contribution in [0.1, 0.15) is 0 Å². The fraction of sp³-hybridized carbons (Fsp3) is 0.200. The van der Waals surface area contributed by atoms with E-state index in [1.807, 2.05) is 14.1 Å². The fourth-order valence-corrected chi connectivity index (χ4v) is 1.04. The average molecular weight is 225 g/mol. The van der Waals surface area contributed by atoms with E-state index in [1.165, 1.54) is 6.07 Å². The van der Waals surface area contributed by atoms with Crippen molar-refractivity contribution in [3.8, 4) is 0 Å². The molecule has 3 nitrogen and oxygen atoms in total. The number of nitrogens with zero attached hydrogens (tertiary/aromatic N) is 2. The van der Waals surface area contributed by atoms with E-state index in [9.17, 15) is 4.39 Å². The van der Waals surface area contributed by atoms with Crippen molar-refractivity contribution in [1.29, 1.82) is 0 Å². The summed E-state index contributed by atoms with van der Waals surface area (Å²) in [4.78, 5) is 5.66. The zero-order valence-corrected chi connectivity index (χ0v) is 9.38. The number of benzene rings is 1. The molecular weight excluding hydrogens is 213 g/mol. The molecule has 1 aromatic rings. The predicted octanol–water partition coefficient (Wildman–Crippen LogP) is 2.11. The highest BCUT2D eigenvalue weighted by Gasteiger charge is 2.00. The topological polar surface area (TPSA) is 27.6 Å². The van der Waals surface area contributed by atoms with Gasteiger partial charge in [0.15, 0.2) is 5.11 Å². The van der Waals surface area contributed by atoms with E-state index in [1.54, 1.807) is 29.4 Å². The molecule has 0 aromatic heterocycles. The number of anilines is 1. The van der Waals surface area contributed by atoms with Crippen molar-refractivity contribution in [3.63, 3.8) is 0 Å². The minimum atomic E-state index is -0.347. The zero-order valence-electron chi connectivity index (χ0n) is 8.57. The number of para-hydroxylation sites is 1. The number of rotatable bonds is 2. The molecule has 0 aliphatic heterocycles. The van der Waals surface area contributed by atoms with Gasteiger partial charge in [0, 0.05) is 14.1 Å². The number of nitrogens with one attached hydrogen (secondary N) is 1. The highest BCUT2D eigenvalue weighted by atomic mass is 32.1. The van der Waals surface area contributed by atoms with Crippen LogP contribution in [0.3, 0.4) is 0 Å². The van der Waals surface area contributed by atoms with E-state index < -0.39 is 0 Å². The second kappa shape index (κ2) is 5.41. The van der Waals surface area contributed by atoms with Gasteiger partial charge in [0.1, 0.15) is 5.82 Å². The summed E-state index contributed by atoms with van der Waals surface area (Å²) in [6, 6.07) is 6.31. The van der Waals surface area contributed by atoms with E-state index >= 15 is 0 Å². The summed E-state index contributed by atoms with van der Waals surface area (Å²) in [5, 5.41) is 2.93. The molecule has 0 spiro atoms. The third-order valence-corrected chi connectivity index (χ3v) is 1.73. The lowest BCUT2D eigenvalue weighted by Gasteiger charge is -2.06. The largest absolute Gasteiger partial charge is 0.369 e. The summed E-state index contributed by atoms with van der Waals surface area (Å²) < 4.78 is 13.2. The molecule has 0 heterocycles. The Morgan fingerprint density at radius 3 is 2.73 bits per heavy atom. The number of hydrogen-bond acceptors (Lipinski definition) is 1. The van der Waals surface area contributed by atoms with Gasteiger partial charge in [0.05, 0.1) is 12.0 Å². The number of aliphatic imine (C=N–C) groups is 1. The van der Waals surface area contributed by atoms with Crippen molar-refractivity contribution >= 4 is 29.4 Å². The molecule has 15 heavy (non-hydrogen) atoms. The van der Waals surface area contributed by atoms with Crippen LogP contribution in [0.25, 0.3) is 0 Å². The molecule has 80 valence electrons. The second-order valence-corrected chi connectivity index (χ2v) is 3.50. The lowest BCUT2D eigenvalue weighted by Crippen LogP contribution is -2.13. The molecule has 0 atom stereocenters. The van der Waals surface area contributed by atoms with Crippen LogP contribution in [0.4, 0.5) is 10.1 Å². The van der Waals surface area contributed by atoms with Crippen LogP contribution in [0.2, 0.25) is 0 Å². The van der Waals surface area contributed by atoms with E-state index in [4.69, 9.17) is 12.2 Å². The standard InChI is InChI=1S/C10H12FN3S/c1-14(2)7-12-10(15)13-9-6-4-3-5-8(9)11/h3-7H,1-2H3,(H,13,15)/b12-7+. The molecule has 1 aromatic carbocycles. The molecule has 0 amide bonds. The van der Waals surface area contributed by atoms with E-state index in [2.05, 4.69) is 10.3 Å². The minimum Gasteiger partial charge on any atom is -0.369 e. The number of thiocarbonyl (C=S) groups is 1. The van der Waals surface area contributed by atoms with Gasteiger partial charge in [-0.3, -0.25) is 0 Å². The summed E-state index contributed by atoms with van der Waals surface area (Å²) in [5.74, 6) is -0.347. The van der Waals surface area contributed by atoms with Crippen molar-refractivity contribution in [2.24, 2.45) is 4.99 Å². The first-order valence-electron chi connectivity index (χ1n) is 4.35. The Kier molecular flexibility index (Phi) is 4.17. The highest BCUT2D eigenvalue weighted by molar-refractivity contribution is 7.80. The highest BCUT2D eigenvalue weighted by Crippen LogP contribution is 2.12. The van der Waals surface area contributed by atoms with Crippen LogP contribution in [-0.4, -0.2) is 30.4 Å². The van der Waals surface area contributed by atoms with Crippen molar-refractivity contribution in [2.75, 3.05) is 19.4 Å². The maximum absolute atomic E-state index is 13.2. The first-order valence-corrected chi connectivity index (χ1v) is 4.76. The van der Waals surface area contributed by atoms with Crippen LogP contribution in [-0.2, 0) is 0 Å². The van der Waals surface area contributed by atoms with Crippen molar-refractivity contribution < 1.29 is 4.39 Å². The van der Waals surface area contributed by atoms with Gasteiger partial charge >= 0.3 is 0 Å². The van der Waals surface area contributed by atoms with Crippen molar-refractivity contribution in [2.45, 2.75) is 0 Å². The van der Waals surface area contributed by atoms with Gasteiger partial charge in [-0.25, -0.2) is 9.38 Å². The summed E-state index contributed by atoms with van der Waals surface area (Å²) >= 11 is 4.91. The molecule has 0 saturated heterocycles. The molecule has 1 N–H and O–H groups in total. The molecule has 1 rings (SSSR count). The molecule has 0 aliphatic rings. The van der Waals surface area contributed by atoms with Crippen molar-refractivity contribution in [1.82, 2.24) is 4.90 Å². The van der Waals surface area contributed by atoms with Crippen molar-refractivity contribution in [3.05, 3.63) is 30.1 Å². The van der Waals surface area contributed by atoms with E-state index in [-0.39, 0.29) is 10.9 Å². The molecule has 0 radical (unpaired) electrons. The molecule has 0 saturated carbocycles. The Hall–Kier alpha value is -1.49. The zero-order chi connectivity index (χ0) is 11.3. The van der Waals surface area contributed by atoms with Gasteiger partial charge < -0.3 is 10.2 Å². The average Bonchev–Trinajstić information content (AvgIpc) is 2.18. The van der Waals surface area contributed by atoms with Gasteiger partial charge in [-0.15, -0.1) is 0 Å². The SMILES string of the molecule is CN(C)/C=N/C(=S)Nc1ccccc1F. The molecule has 0 unspecified atom stereocenters. The Balaban J connectivity index is 2.63.